The molecule has 0 aliphatic rings. The number of nitrogens with one attached hydrogen (secondary N) is 1. The second-order valence-corrected chi connectivity index (χ2v) is 8.47. The third-order valence-corrected chi connectivity index (χ3v) is 6.27. The summed E-state index contributed by atoms with van der Waals surface area (Å²) in [4.78, 5) is 49.5. The van der Waals surface area contributed by atoms with Crippen LogP contribution >= 0.6 is 11.6 Å². The van der Waals surface area contributed by atoms with Crippen LogP contribution in [0.4, 0.5) is 0 Å². The van der Waals surface area contributed by atoms with Gasteiger partial charge >= 0.3 is 11.7 Å². The number of benzene rings is 2. The van der Waals surface area contributed by atoms with E-state index in [9.17, 15) is 24.3 Å². The molecule has 3 rings (SSSR count). The summed E-state index contributed by atoms with van der Waals surface area (Å²) in [6, 6.07) is 10.8. The van der Waals surface area contributed by atoms with Crippen molar-refractivity contribution in [1.29, 1.82) is 0 Å². The van der Waals surface area contributed by atoms with Crippen molar-refractivity contribution in [2.75, 3.05) is 0 Å². The van der Waals surface area contributed by atoms with Crippen LogP contribution in [0.15, 0.2) is 52.1 Å². The van der Waals surface area contributed by atoms with E-state index in [1.165, 1.54) is 11.6 Å². The van der Waals surface area contributed by atoms with Crippen LogP contribution in [0.25, 0.3) is 11.1 Å². The molecule has 2 N–H and O–H groups in total. The van der Waals surface area contributed by atoms with Gasteiger partial charge in [0, 0.05) is 26.2 Å². The first-order valence-corrected chi connectivity index (χ1v) is 11.1. The number of halogens is 1. The highest BCUT2D eigenvalue weighted by Crippen LogP contribution is 2.22. The Hall–Kier alpha value is -3.65. The van der Waals surface area contributed by atoms with E-state index in [4.69, 9.17) is 11.6 Å². The normalized spacial score (nSPS) is 11.8. The number of hydrogen-bond donors (Lipinski definition) is 2. The summed E-state index contributed by atoms with van der Waals surface area (Å²) in [7, 11) is 3.02. The van der Waals surface area contributed by atoms with Crippen molar-refractivity contribution in [3.63, 3.8) is 0 Å². The van der Waals surface area contributed by atoms with Crippen molar-refractivity contribution in [2.45, 2.75) is 32.7 Å². The van der Waals surface area contributed by atoms with E-state index in [0.29, 0.717) is 28.8 Å². The topological polar surface area (TPSA) is 110 Å². The van der Waals surface area contributed by atoms with Gasteiger partial charge in [0.15, 0.2) is 0 Å². The van der Waals surface area contributed by atoms with Crippen molar-refractivity contribution in [3.8, 4) is 11.1 Å². The first kappa shape index (κ1) is 25.0. The first-order valence-electron chi connectivity index (χ1n) is 10.7. The fourth-order valence-corrected chi connectivity index (χ4v) is 4.15. The molecule has 0 bridgehead atoms. The highest BCUT2D eigenvalue weighted by Gasteiger charge is 2.24. The highest BCUT2D eigenvalue weighted by molar-refractivity contribution is 6.34. The van der Waals surface area contributed by atoms with E-state index in [1.807, 2.05) is 6.92 Å². The fourth-order valence-electron chi connectivity index (χ4n) is 3.87. The van der Waals surface area contributed by atoms with Gasteiger partial charge in [0.05, 0.1) is 16.1 Å². The van der Waals surface area contributed by atoms with Gasteiger partial charge in [0.2, 0.25) is 0 Å². The molecular formula is C25H26ClN3O5. The van der Waals surface area contributed by atoms with Crippen molar-refractivity contribution in [1.82, 2.24) is 14.5 Å². The smallest absolute Gasteiger partial charge is 0.330 e. The van der Waals surface area contributed by atoms with Crippen LogP contribution in [0.2, 0.25) is 5.02 Å². The van der Waals surface area contributed by atoms with E-state index in [0.717, 1.165) is 10.1 Å². The molecule has 8 nitrogen and oxygen atoms in total. The van der Waals surface area contributed by atoms with Gasteiger partial charge in [-0.05, 0) is 36.1 Å². The molecule has 1 atom stereocenters. The lowest BCUT2D eigenvalue weighted by Gasteiger charge is -2.17. The standard InChI is InChI=1S/C25H26ClN3O5/c1-5-16-7-6-8-18(26)21(16)22(30)27-19(24(32)33)13-15-9-11-17(12-10-15)20-14(2)28(3)25(34)29(4)23(20)31/h6-12,19H,5,13H2,1-4H3,(H,27,30)(H,32,33)/t19-/m0/s1. The molecule has 178 valence electrons. The summed E-state index contributed by atoms with van der Waals surface area (Å²) in [5.74, 6) is -1.72. The third kappa shape index (κ3) is 4.82. The van der Waals surface area contributed by atoms with Gasteiger partial charge in [-0.3, -0.25) is 14.2 Å². The molecule has 9 heteroatoms. The zero-order valence-electron chi connectivity index (χ0n) is 19.4. The summed E-state index contributed by atoms with van der Waals surface area (Å²) < 4.78 is 2.45. The van der Waals surface area contributed by atoms with E-state index in [2.05, 4.69) is 5.32 Å². The number of amides is 1. The zero-order valence-corrected chi connectivity index (χ0v) is 20.1. The third-order valence-electron chi connectivity index (χ3n) is 5.95. The van der Waals surface area contributed by atoms with Crippen LogP contribution < -0.4 is 16.6 Å². The molecule has 0 saturated carbocycles. The molecule has 1 amide bonds. The molecule has 0 saturated heterocycles. The maximum atomic E-state index is 12.8. The molecule has 34 heavy (non-hydrogen) atoms. The van der Waals surface area contributed by atoms with Gasteiger partial charge in [-0.2, -0.15) is 0 Å². The van der Waals surface area contributed by atoms with E-state index in [-0.39, 0.29) is 17.0 Å². The number of rotatable bonds is 7. The van der Waals surface area contributed by atoms with Gasteiger partial charge in [-0.15, -0.1) is 0 Å². The quantitative estimate of drug-likeness (QED) is 0.537. The Labute approximate surface area is 201 Å². The van der Waals surface area contributed by atoms with Crippen LogP contribution in [0.3, 0.4) is 0 Å². The average Bonchev–Trinajstić information content (AvgIpc) is 2.81. The van der Waals surface area contributed by atoms with Crippen molar-refractivity contribution < 1.29 is 14.7 Å². The summed E-state index contributed by atoms with van der Waals surface area (Å²) >= 11 is 6.20. The van der Waals surface area contributed by atoms with Crippen LogP contribution in [-0.2, 0) is 31.7 Å². The van der Waals surface area contributed by atoms with E-state index < -0.39 is 29.2 Å². The van der Waals surface area contributed by atoms with Crippen molar-refractivity contribution >= 4 is 23.5 Å². The highest BCUT2D eigenvalue weighted by atomic mass is 35.5. The number of aromatic nitrogens is 2. The van der Waals surface area contributed by atoms with Crippen LogP contribution in [0.1, 0.15) is 34.1 Å². The number of carbonyl (C=O) groups excluding carboxylic acids is 1. The van der Waals surface area contributed by atoms with E-state index in [1.54, 1.807) is 56.4 Å². The largest absolute Gasteiger partial charge is 0.480 e. The maximum absolute atomic E-state index is 12.8. The monoisotopic (exact) mass is 483 g/mol. The predicted octanol–water partition coefficient (Wildman–Crippen LogP) is 2.70. The minimum atomic E-state index is -1.18. The summed E-state index contributed by atoms with van der Waals surface area (Å²) in [5.41, 5.74) is 2.38. The SMILES string of the molecule is CCc1cccc(Cl)c1C(=O)N[C@@H](Cc1ccc(-c2c(C)n(C)c(=O)n(C)c2=O)cc1)C(=O)O. The molecule has 0 fully saturated rings. The summed E-state index contributed by atoms with van der Waals surface area (Å²) in [6.07, 6.45) is 0.615. The Morgan fingerprint density at radius 2 is 1.71 bits per heavy atom. The molecule has 0 unspecified atom stereocenters. The van der Waals surface area contributed by atoms with Crippen LogP contribution in [0.5, 0.6) is 0 Å². The first-order chi connectivity index (χ1) is 16.1. The molecule has 0 radical (unpaired) electrons. The Morgan fingerprint density at radius 1 is 1.06 bits per heavy atom. The van der Waals surface area contributed by atoms with Crippen molar-refractivity contribution in [3.05, 3.63) is 90.7 Å². The Kier molecular flexibility index (Phi) is 7.41. The molecule has 0 aliphatic carbocycles. The van der Waals surface area contributed by atoms with Gasteiger partial charge in [0.25, 0.3) is 11.5 Å². The molecule has 3 aromatic rings. The number of carboxylic acids is 1. The fraction of sp³-hybridized carbons (Fsp3) is 0.280. The molecular weight excluding hydrogens is 458 g/mol. The summed E-state index contributed by atoms with van der Waals surface area (Å²) in [6.45, 7) is 3.58. The molecule has 1 heterocycles. The van der Waals surface area contributed by atoms with Gasteiger partial charge in [-0.1, -0.05) is 54.9 Å². The number of aryl methyl sites for hydroxylation is 1. The number of carboxylic acid groups (broad SMARTS) is 1. The van der Waals surface area contributed by atoms with Crippen LogP contribution in [-0.4, -0.2) is 32.2 Å². The number of aliphatic carboxylic acids is 1. The number of carbonyl (C=O) groups is 2. The Balaban J connectivity index is 1.87. The second kappa shape index (κ2) is 10.1. The number of nitrogens with zero attached hydrogens (tertiary/aromatic N) is 2. The van der Waals surface area contributed by atoms with Crippen LogP contribution in [0, 0.1) is 6.92 Å². The Bertz CT molecular complexity index is 1370. The lowest BCUT2D eigenvalue weighted by molar-refractivity contribution is -0.139. The number of hydrogen-bond acceptors (Lipinski definition) is 4. The molecule has 1 aromatic heterocycles. The molecule has 0 spiro atoms. The van der Waals surface area contributed by atoms with Gasteiger partial charge < -0.3 is 15.0 Å². The molecule has 0 aliphatic heterocycles. The van der Waals surface area contributed by atoms with Crippen molar-refractivity contribution in [2.24, 2.45) is 14.1 Å². The summed E-state index contributed by atoms with van der Waals surface area (Å²) in [5, 5.41) is 12.5. The minimum absolute atomic E-state index is 0.0392. The van der Waals surface area contributed by atoms with Gasteiger partial charge in [-0.25, -0.2) is 9.59 Å². The minimum Gasteiger partial charge on any atom is -0.480 e. The zero-order chi connectivity index (χ0) is 25.2. The second-order valence-electron chi connectivity index (χ2n) is 8.06. The average molecular weight is 484 g/mol. The maximum Gasteiger partial charge on any atom is 0.330 e. The lowest BCUT2D eigenvalue weighted by Crippen LogP contribution is -2.42. The molecule has 2 aromatic carbocycles. The lowest BCUT2D eigenvalue weighted by atomic mass is 9.99. The van der Waals surface area contributed by atoms with Gasteiger partial charge in [0.1, 0.15) is 6.04 Å². The predicted molar refractivity (Wildman–Crippen MR) is 131 cm³/mol. The Morgan fingerprint density at radius 3 is 2.29 bits per heavy atom. The van der Waals surface area contributed by atoms with E-state index >= 15 is 0 Å².